The molecule has 0 bridgehead atoms. The van der Waals surface area contributed by atoms with E-state index in [1.54, 1.807) is 18.2 Å². The molecule has 0 atom stereocenters. The van der Waals surface area contributed by atoms with Crippen LogP contribution in [0.1, 0.15) is 36.5 Å². The standard InChI is InChI=1S/C12H13ClO2/c1-8(14)11-6-5-10(7-12(11)13)15-9-3-2-4-9/h5-7,9H,2-4H2,1H3. The monoisotopic (exact) mass is 224 g/mol. The maximum Gasteiger partial charge on any atom is 0.161 e. The highest BCUT2D eigenvalue weighted by Gasteiger charge is 2.19. The number of hydrogen-bond acceptors (Lipinski definition) is 2. The summed E-state index contributed by atoms with van der Waals surface area (Å²) in [5.74, 6) is 0.741. The minimum atomic E-state index is -0.0183. The molecule has 2 rings (SSSR count). The Labute approximate surface area is 94.2 Å². The first kappa shape index (κ1) is 10.5. The first-order valence-corrected chi connectivity index (χ1v) is 5.52. The van der Waals surface area contributed by atoms with Gasteiger partial charge in [0, 0.05) is 5.56 Å². The summed E-state index contributed by atoms with van der Waals surface area (Å²) in [6, 6.07) is 5.25. The van der Waals surface area contributed by atoms with Crippen molar-refractivity contribution in [2.75, 3.05) is 0 Å². The van der Waals surface area contributed by atoms with Gasteiger partial charge in [0.05, 0.1) is 11.1 Å². The minimum Gasteiger partial charge on any atom is -0.490 e. The summed E-state index contributed by atoms with van der Waals surface area (Å²) in [5, 5.41) is 0.472. The molecule has 0 radical (unpaired) electrons. The van der Waals surface area contributed by atoms with Gasteiger partial charge in [-0.05, 0) is 44.4 Å². The zero-order chi connectivity index (χ0) is 10.8. The smallest absolute Gasteiger partial charge is 0.161 e. The van der Waals surface area contributed by atoms with Gasteiger partial charge in [0.2, 0.25) is 0 Å². The second kappa shape index (κ2) is 4.23. The van der Waals surface area contributed by atoms with E-state index in [1.165, 1.54) is 13.3 Å². The van der Waals surface area contributed by atoms with E-state index in [2.05, 4.69) is 0 Å². The van der Waals surface area contributed by atoms with Crippen LogP contribution in [0.3, 0.4) is 0 Å². The van der Waals surface area contributed by atoms with Crippen molar-refractivity contribution in [3.8, 4) is 5.75 Å². The lowest BCUT2D eigenvalue weighted by Gasteiger charge is -2.26. The van der Waals surface area contributed by atoms with Crippen molar-refractivity contribution in [2.45, 2.75) is 32.3 Å². The lowest BCUT2D eigenvalue weighted by Crippen LogP contribution is -2.24. The van der Waals surface area contributed by atoms with Gasteiger partial charge >= 0.3 is 0 Å². The number of hydrogen-bond donors (Lipinski definition) is 0. The van der Waals surface area contributed by atoms with E-state index in [0.29, 0.717) is 16.7 Å². The highest BCUT2D eigenvalue weighted by molar-refractivity contribution is 6.34. The summed E-state index contributed by atoms with van der Waals surface area (Å²) in [7, 11) is 0. The van der Waals surface area contributed by atoms with Crippen LogP contribution in [0.2, 0.25) is 5.02 Å². The number of benzene rings is 1. The van der Waals surface area contributed by atoms with Gasteiger partial charge in [-0.2, -0.15) is 0 Å². The fourth-order valence-corrected chi connectivity index (χ4v) is 1.84. The predicted octanol–water partition coefficient (Wildman–Crippen LogP) is 3.47. The second-order valence-electron chi connectivity index (χ2n) is 3.87. The molecule has 0 aliphatic heterocycles. The summed E-state index contributed by atoms with van der Waals surface area (Å²) >= 11 is 5.97. The van der Waals surface area contributed by atoms with Crippen molar-refractivity contribution in [2.24, 2.45) is 0 Å². The van der Waals surface area contributed by atoms with Crippen molar-refractivity contribution in [1.29, 1.82) is 0 Å². The van der Waals surface area contributed by atoms with Crippen molar-refractivity contribution in [1.82, 2.24) is 0 Å². The Balaban J connectivity index is 2.13. The number of ketones is 1. The van der Waals surface area contributed by atoms with Crippen LogP contribution >= 0.6 is 11.6 Å². The minimum absolute atomic E-state index is 0.0183. The first-order valence-electron chi connectivity index (χ1n) is 5.14. The number of halogens is 1. The highest BCUT2D eigenvalue weighted by Crippen LogP contribution is 2.28. The normalized spacial score (nSPS) is 15.9. The molecule has 3 heteroatoms. The van der Waals surface area contributed by atoms with Crippen LogP contribution in [0.4, 0.5) is 0 Å². The van der Waals surface area contributed by atoms with E-state index in [4.69, 9.17) is 16.3 Å². The maximum atomic E-state index is 11.1. The topological polar surface area (TPSA) is 26.3 Å². The predicted molar refractivity (Wildman–Crippen MR) is 59.7 cm³/mol. The summed E-state index contributed by atoms with van der Waals surface area (Å²) in [4.78, 5) is 11.1. The third kappa shape index (κ3) is 2.32. The zero-order valence-electron chi connectivity index (χ0n) is 8.63. The molecule has 80 valence electrons. The Morgan fingerprint density at radius 1 is 1.47 bits per heavy atom. The van der Waals surface area contributed by atoms with Crippen LogP contribution in [-0.2, 0) is 0 Å². The molecule has 0 unspecified atom stereocenters. The van der Waals surface area contributed by atoms with E-state index >= 15 is 0 Å². The molecule has 1 aromatic carbocycles. The number of ether oxygens (including phenoxy) is 1. The Kier molecular flexibility index (Phi) is 2.96. The van der Waals surface area contributed by atoms with Crippen LogP contribution in [0, 0.1) is 0 Å². The van der Waals surface area contributed by atoms with Gasteiger partial charge in [-0.25, -0.2) is 0 Å². The Bertz CT molecular complexity index is 383. The average Bonchev–Trinajstić information content (AvgIpc) is 2.11. The highest BCUT2D eigenvalue weighted by atomic mass is 35.5. The van der Waals surface area contributed by atoms with Crippen molar-refractivity contribution >= 4 is 17.4 Å². The van der Waals surface area contributed by atoms with Gasteiger partial charge in [-0.3, -0.25) is 4.79 Å². The number of rotatable bonds is 3. The summed E-state index contributed by atoms with van der Waals surface area (Å²) in [5.41, 5.74) is 0.553. The van der Waals surface area contributed by atoms with E-state index in [0.717, 1.165) is 18.6 Å². The Hall–Kier alpha value is -1.02. The number of Topliss-reactive ketones (excluding diaryl/α,β-unsaturated/α-hetero) is 1. The third-order valence-corrected chi connectivity index (χ3v) is 2.99. The number of carbonyl (C=O) groups excluding carboxylic acids is 1. The van der Waals surface area contributed by atoms with E-state index in [9.17, 15) is 4.79 Å². The molecule has 1 aromatic rings. The Morgan fingerprint density at radius 3 is 2.67 bits per heavy atom. The molecule has 1 aliphatic rings. The maximum absolute atomic E-state index is 11.1. The molecule has 0 amide bonds. The lowest BCUT2D eigenvalue weighted by atomic mass is 9.96. The molecule has 1 saturated carbocycles. The Morgan fingerprint density at radius 2 is 2.20 bits per heavy atom. The molecular formula is C12H13ClO2. The molecular weight excluding hydrogens is 212 g/mol. The van der Waals surface area contributed by atoms with Crippen LogP contribution in [-0.4, -0.2) is 11.9 Å². The molecule has 15 heavy (non-hydrogen) atoms. The fourth-order valence-electron chi connectivity index (χ4n) is 1.54. The van der Waals surface area contributed by atoms with Gasteiger partial charge < -0.3 is 4.74 Å². The van der Waals surface area contributed by atoms with Gasteiger partial charge in [0.15, 0.2) is 5.78 Å². The molecule has 0 N–H and O–H groups in total. The van der Waals surface area contributed by atoms with Crippen molar-refractivity contribution < 1.29 is 9.53 Å². The van der Waals surface area contributed by atoms with Gasteiger partial charge in [0.25, 0.3) is 0 Å². The fraction of sp³-hybridized carbons (Fsp3) is 0.417. The largest absolute Gasteiger partial charge is 0.490 e. The second-order valence-corrected chi connectivity index (χ2v) is 4.28. The molecule has 0 spiro atoms. The first-order chi connectivity index (χ1) is 7.16. The van der Waals surface area contributed by atoms with Crippen molar-refractivity contribution in [3.63, 3.8) is 0 Å². The van der Waals surface area contributed by atoms with Crippen LogP contribution < -0.4 is 4.74 Å². The molecule has 1 fully saturated rings. The van der Waals surface area contributed by atoms with Crippen molar-refractivity contribution in [3.05, 3.63) is 28.8 Å². The SMILES string of the molecule is CC(=O)c1ccc(OC2CCC2)cc1Cl. The summed E-state index contributed by atoms with van der Waals surface area (Å²) in [6.07, 6.45) is 3.81. The quantitative estimate of drug-likeness (QED) is 0.735. The molecule has 0 aromatic heterocycles. The van der Waals surface area contributed by atoms with Gasteiger partial charge in [-0.1, -0.05) is 11.6 Å². The van der Waals surface area contributed by atoms with Gasteiger partial charge in [0.1, 0.15) is 5.75 Å². The number of carbonyl (C=O) groups is 1. The summed E-state index contributed by atoms with van der Waals surface area (Å²) < 4.78 is 5.67. The molecule has 0 heterocycles. The van der Waals surface area contributed by atoms with Crippen LogP contribution in [0.5, 0.6) is 5.75 Å². The average molecular weight is 225 g/mol. The molecule has 0 saturated heterocycles. The lowest BCUT2D eigenvalue weighted by molar-refractivity contribution is 0.101. The molecule has 2 nitrogen and oxygen atoms in total. The summed E-state index contributed by atoms with van der Waals surface area (Å²) in [6.45, 7) is 1.51. The van der Waals surface area contributed by atoms with Gasteiger partial charge in [-0.15, -0.1) is 0 Å². The van der Waals surface area contributed by atoms with Crippen LogP contribution in [0.15, 0.2) is 18.2 Å². The van der Waals surface area contributed by atoms with E-state index in [-0.39, 0.29) is 5.78 Å². The molecule has 1 aliphatic carbocycles. The van der Waals surface area contributed by atoms with E-state index in [1.807, 2.05) is 0 Å². The third-order valence-electron chi connectivity index (χ3n) is 2.67. The van der Waals surface area contributed by atoms with Crippen LogP contribution in [0.25, 0.3) is 0 Å². The van der Waals surface area contributed by atoms with E-state index < -0.39 is 0 Å². The zero-order valence-corrected chi connectivity index (χ0v) is 9.38.